The van der Waals surface area contributed by atoms with Crippen LogP contribution in [0.5, 0.6) is 0 Å². The molecule has 2 amide bonds. The standard InChI is InChI=1S/C22H24N6O7S2/c1-22(2,20(33)34)35-26-13(12-10-37-21(23)24-12)16(29)25-14-17(30)28-15(19(31)32)11(9-36-18(14)28)8-27-6-4-3-5-7-27/h3-6,10,14,18H,7-9H2,1-2H3,(H2,23,24)(H,25,29)(H,31,32)(H,33,34). The van der Waals surface area contributed by atoms with Gasteiger partial charge in [0, 0.05) is 16.7 Å². The molecular weight excluding hydrogens is 524 g/mol. The van der Waals surface area contributed by atoms with E-state index in [1.165, 1.54) is 35.9 Å². The average molecular weight is 549 g/mol. The van der Waals surface area contributed by atoms with Gasteiger partial charge in [-0.15, -0.1) is 23.1 Å². The Hall–Kier alpha value is -3.69. The number of carboxylic acids is 2. The highest BCUT2D eigenvalue weighted by atomic mass is 32.2. The van der Waals surface area contributed by atoms with Crippen LogP contribution in [0.2, 0.25) is 0 Å². The number of carbonyl (C=O) groups excluding carboxylic acids is 3. The van der Waals surface area contributed by atoms with Gasteiger partial charge in [-0.05, 0) is 26.0 Å². The highest BCUT2D eigenvalue weighted by molar-refractivity contribution is 8.00. The quantitative estimate of drug-likeness (QED) is 0.148. The molecule has 0 bridgehead atoms. The van der Waals surface area contributed by atoms with Crippen LogP contribution in [0.4, 0.5) is 5.13 Å². The molecule has 15 heteroatoms. The molecule has 196 valence electrons. The number of aliphatic carboxylic acids is 2. The number of aromatic nitrogens is 1. The number of allylic oxidation sites excluding steroid dienone is 2. The minimum Gasteiger partial charge on any atom is -0.546 e. The zero-order valence-electron chi connectivity index (χ0n) is 19.8. The number of nitrogen functional groups attached to an aromatic ring is 1. The summed E-state index contributed by atoms with van der Waals surface area (Å²) in [6.45, 7) is 3.51. The zero-order valence-corrected chi connectivity index (χ0v) is 21.4. The van der Waals surface area contributed by atoms with Crippen molar-refractivity contribution in [3.8, 4) is 0 Å². The van der Waals surface area contributed by atoms with E-state index in [4.69, 9.17) is 10.6 Å². The van der Waals surface area contributed by atoms with Crippen molar-refractivity contribution in [1.82, 2.24) is 15.2 Å². The molecule has 0 aromatic carbocycles. The number of anilines is 1. The molecule has 1 fully saturated rings. The van der Waals surface area contributed by atoms with Crippen LogP contribution in [-0.2, 0) is 24.0 Å². The lowest BCUT2D eigenvalue weighted by Gasteiger charge is -2.49. The Bertz CT molecular complexity index is 1270. The number of oxime groups is 1. The number of rotatable bonds is 9. The lowest BCUT2D eigenvalue weighted by Crippen LogP contribution is -3.08. The van der Waals surface area contributed by atoms with Gasteiger partial charge in [-0.2, -0.15) is 0 Å². The molecule has 3 aliphatic rings. The Kier molecular flexibility index (Phi) is 7.38. The summed E-state index contributed by atoms with van der Waals surface area (Å²) in [5.74, 6) is -3.85. The third kappa shape index (κ3) is 5.38. The number of β-lactam (4-membered cyclic amide) rings is 1. The first-order valence-corrected chi connectivity index (χ1v) is 13.0. The lowest BCUT2D eigenvalue weighted by atomic mass is 10.0. The van der Waals surface area contributed by atoms with Gasteiger partial charge in [-0.3, -0.25) is 14.5 Å². The molecule has 0 radical (unpaired) electrons. The summed E-state index contributed by atoms with van der Waals surface area (Å²) in [7, 11) is 0. The molecule has 1 aromatic heterocycles. The summed E-state index contributed by atoms with van der Waals surface area (Å²) in [6, 6.07) is -1.03. The van der Waals surface area contributed by atoms with Gasteiger partial charge >= 0.3 is 5.97 Å². The highest BCUT2D eigenvalue weighted by Crippen LogP contribution is 2.40. The maximum absolute atomic E-state index is 13.1. The second-order valence-electron chi connectivity index (χ2n) is 8.84. The van der Waals surface area contributed by atoms with Crippen molar-refractivity contribution in [1.29, 1.82) is 0 Å². The Balaban J connectivity index is 1.53. The first kappa shape index (κ1) is 26.4. The van der Waals surface area contributed by atoms with Gasteiger partial charge in [-0.1, -0.05) is 11.2 Å². The fourth-order valence-corrected chi connectivity index (χ4v) is 5.68. The van der Waals surface area contributed by atoms with E-state index in [1.807, 2.05) is 24.4 Å². The van der Waals surface area contributed by atoms with Crippen LogP contribution >= 0.6 is 23.1 Å². The average Bonchev–Trinajstić information content (AvgIpc) is 3.28. The van der Waals surface area contributed by atoms with Crippen LogP contribution < -0.4 is 21.1 Å². The molecule has 13 nitrogen and oxygen atoms in total. The number of quaternary nitrogens is 1. The van der Waals surface area contributed by atoms with Gasteiger partial charge in [0.25, 0.3) is 11.8 Å². The number of thioether (sulfide) groups is 1. The summed E-state index contributed by atoms with van der Waals surface area (Å²) in [5, 5.41) is 28.3. The predicted molar refractivity (Wildman–Crippen MR) is 132 cm³/mol. The SMILES string of the molecule is CC(C)(ON=C(C(=O)NC1C(=O)N2C(C(=O)O)=C(C[NH+]3C=CC=CC3)CSC12)c1csc(N)n1)C(=O)[O-]. The summed E-state index contributed by atoms with van der Waals surface area (Å²) in [6.07, 6.45) is 7.70. The van der Waals surface area contributed by atoms with Crippen LogP contribution in [0.25, 0.3) is 0 Å². The molecule has 0 spiro atoms. The number of carbonyl (C=O) groups is 4. The topological polar surface area (TPSA) is 192 Å². The number of carboxylic acid groups (broad SMARTS) is 2. The molecule has 3 atom stereocenters. The third-order valence-corrected chi connectivity index (χ3v) is 7.79. The Morgan fingerprint density at radius 3 is 2.76 bits per heavy atom. The van der Waals surface area contributed by atoms with Crippen LogP contribution in [0.3, 0.4) is 0 Å². The second kappa shape index (κ2) is 10.4. The maximum atomic E-state index is 13.1. The molecule has 3 unspecified atom stereocenters. The summed E-state index contributed by atoms with van der Waals surface area (Å²) < 4.78 is 0. The smallest absolute Gasteiger partial charge is 0.352 e. The minimum atomic E-state index is -1.85. The van der Waals surface area contributed by atoms with E-state index in [9.17, 15) is 29.4 Å². The van der Waals surface area contributed by atoms with Crippen molar-refractivity contribution in [3.63, 3.8) is 0 Å². The van der Waals surface area contributed by atoms with Crippen molar-refractivity contribution in [2.75, 3.05) is 24.6 Å². The van der Waals surface area contributed by atoms with Crippen LogP contribution in [0.15, 0.2) is 46.2 Å². The van der Waals surface area contributed by atoms with E-state index in [1.54, 1.807) is 0 Å². The Morgan fingerprint density at radius 1 is 1.41 bits per heavy atom. The number of nitrogens with zero attached hydrogens (tertiary/aromatic N) is 3. The van der Waals surface area contributed by atoms with Gasteiger partial charge in [-0.25, -0.2) is 9.78 Å². The number of amides is 2. The molecule has 5 N–H and O–H groups in total. The number of fused-ring (bicyclic) bond motifs is 1. The summed E-state index contributed by atoms with van der Waals surface area (Å²) in [5.41, 5.74) is 3.99. The van der Waals surface area contributed by atoms with E-state index < -0.39 is 46.5 Å². The molecule has 1 aromatic rings. The van der Waals surface area contributed by atoms with Crippen molar-refractivity contribution in [2.45, 2.75) is 30.9 Å². The molecule has 0 aliphatic carbocycles. The van der Waals surface area contributed by atoms with E-state index >= 15 is 0 Å². The fourth-order valence-electron chi connectivity index (χ4n) is 3.79. The Morgan fingerprint density at radius 2 is 2.16 bits per heavy atom. The van der Waals surface area contributed by atoms with Crippen LogP contribution in [0.1, 0.15) is 19.5 Å². The fraction of sp³-hybridized carbons (Fsp3) is 0.364. The van der Waals surface area contributed by atoms with Gasteiger partial charge in [0.05, 0.1) is 12.2 Å². The highest BCUT2D eigenvalue weighted by Gasteiger charge is 2.54. The number of thiazole rings is 1. The van der Waals surface area contributed by atoms with Crippen LogP contribution in [0, 0.1) is 0 Å². The predicted octanol–water partition coefficient (Wildman–Crippen LogP) is -2.32. The maximum Gasteiger partial charge on any atom is 0.352 e. The number of nitrogens with one attached hydrogen (secondary N) is 2. The Labute approximate surface area is 219 Å². The number of hydrogen-bond donors (Lipinski definition) is 4. The minimum absolute atomic E-state index is 0.0223. The van der Waals surface area contributed by atoms with Gasteiger partial charge in [0.1, 0.15) is 35.9 Å². The molecule has 0 saturated carbocycles. The second-order valence-corrected chi connectivity index (χ2v) is 10.8. The molecule has 1 saturated heterocycles. The summed E-state index contributed by atoms with van der Waals surface area (Å²) in [4.78, 5) is 60.8. The van der Waals surface area contributed by atoms with Gasteiger partial charge < -0.3 is 35.8 Å². The molecule has 37 heavy (non-hydrogen) atoms. The zero-order chi connectivity index (χ0) is 26.9. The van der Waals surface area contributed by atoms with E-state index in [-0.39, 0.29) is 16.5 Å². The first-order chi connectivity index (χ1) is 17.5. The van der Waals surface area contributed by atoms with E-state index in [0.29, 0.717) is 24.4 Å². The van der Waals surface area contributed by atoms with Crippen molar-refractivity contribution < 1.29 is 39.1 Å². The monoisotopic (exact) mass is 548 g/mol. The molecular formula is C22H24N6O7S2. The van der Waals surface area contributed by atoms with E-state index in [0.717, 1.165) is 16.2 Å². The van der Waals surface area contributed by atoms with E-state index in [2.05, 4.69) is 15.5 Å². The third-order valence-electron chi connectivity index (χ3n) is 5.77. The largest absolute Gasteiger partial charge is 0.546 e. The van der Waals surface area contributed by atoms with Crippen molar-refractivity contribution in [2.24, 2.45) is 5.16 Å². The number of nitrogens with two attached hydrogens (primary N) is 1. The molecule has 3 aliphatic heterocycles. The lowest BCUT2D eigenvalue weighted by molar-refractivity contribution is -0.835. The van der Waals surface area contributed by atoms with Gasteiger partial charge in [0.15, 0.2) is 16.4 Å². The van der Waals surface area contributed by atoms with Crippen molar-refractivity contribution in [3.05, 3.63) is 46.8 Å². The molecule has 4 rings (SSSR count). The first-order valence-electron chi connectivity index (χ1n) is 11.1. The number of hydrogen-bond acceptors (Lipinski definition) is 11. The van der Waals surface area contributed by atoms with Gasteiger partial charge in [0.2, 0.25) is 0 Å². The summed E-state index contributed by atoms with van der Waals surface area (Å²) >= 11 is 2.37. The van der Waals surface area contributed by atoms with Crippen LogP contribution in [-0.4, -0.2) is 80.3 Å². The molecule has 4 heterocycles. The normalized spacial score (nSPS) is 23.4. The van der Waals surface area contributed by atoms with Crippen molar-refractivity contribution >= 4 is 57.7 Å².